The lowest BCUT2D eigenvalue weighted by Crippen LogP contribution is -1.90. The summed E-state index contributed by atoms with van der Waals surface area (Å²) in [5.74, 6) is 0. The van der Waals surface area contributed by atoms with Gasteiger partial charge in [0.1, 0.15) is 0 Å². The van der Waals surface area contributed by atoms with Gasteiger partial charge in [-0.25, -0.2) is 0 Å². The Morgan fingerprint density at radius 2 is 2.22 bits per heavy atom. The Kier molecular flexibility index (Phi) is 6.93. The predicted molar refractivity (Wildman–Crippen MR) is 52.1 cm³/mol. The van der Waals surface area contributed by atoms with E-state index < -0.39 is 0 Å². The standard InChI is InChI=1S/C8H15I/c1-3-5-6-7-8(9)4-2/h4,8H,2-3,5-7H2,1H3. The van der Waals surface area contributed by atoms with E-state index in [4.69, 9.17) is 0 Å². The fourth-order valence-electron chi connectivity index (χ4n) is 0.707. The lowest BCUT2D eigenvalue weighted by atomic mass is 10.2. The van der Waals surface area contributed by atoms with E-state index in [1.54, 1.807) is 0 Å². The van der Waals surface area contributed by atoms with E-state index in [0.29, 0.717) is 3.92 Å². The van der Waals surface area contributed by atoms with Crippen LogP contribution in [0.25, 0.3) is 0 Å². The van der Waals surface area contributed by atoms with Crippen LogP contribution in [0, 0.1) is 0 Å². The van der Waals surface area contributed by atoms with Gasteiger partial charge in [-0.2, -0.15) is 0 Å². The van der Waals surface area contributed by atoms with Gasteiger partial charge in [0.2, 0.25) is 0 Å². The van der Waals surface area contributed by atoms with Crippen LogP contribution in [0.1, 0.15) is 32.6 Å². The second kappa shape index (κ2) is 6.59. The molecule has 0 aromatic rings. The zero-order valence-electron chi connectivity index (χ0n) is 6.07. The molecule has 0 N–H and O–H groups in total. The molecule has 0 rings (SSSR count). The summed E-state index contributed by atoms with van der Waals surface area (Å²) in [4.78, 5) is 0. The summed E-state index contributed by atoms with van der Waals surface area (Å²) in [6.45, 7) is 5.96. The summed E-state index contributed by atoms with van der Waals surface area (Å²) in [6, 6.07) is 0. The van der Waals surface area contributed by atoms with Gasteiger partial charge in [0.05, 0.1) is 0 Å². The molecule has 0 heterocycles. The average molecular weight is 238 g/mol. The first-order valence-electron chi connectivity index (χ1n) is 3.58. The van der Waals surface area contributed by atoms with Crippen LogP contribution in [-0.2, 0) is 0 Å². The van der Waals surface area contributed by atoms with Gasteiger partial charge in [-0.3, -0.25) is 0 Å². The molecule has 0 nitrogen and oxygen atoms in total. The highest BCUT2D eigenvalue weighted by molar-refractivity contribution is 14.1. The molecule has 0 aliphatic rings. The molecule has 0 bridgehead atoms. The third-order valence-corrected chi connectivity index (χ3v) is 2.47. The van der Waals surface area contributed by atoms with Crippen molar-refractivity contribution in [1.82, 2.24) is 0 Å². The van der Waals surface area contributed by atoms with Crippen LogP contribution < -0.4 is 0 Å². The van der Waals surface area contributed by atoms with Crippen LogP contribution in [0.5, 0.6) is 0 Å². The smallest absolute Gasteiger partial charge is 0.0286 e. The molecule has 0 aliphatic carbocycles. The molecule has 0 amide bonds. The van der Waals surface area contributed by atoms with Gasteiger partial charge >= 0.3 is 0 Å². The van der Waals surface area contributed by atoms with Gasteiger partial charge in [0.15, 0.2) is 0 Å². The molecule has 54 valence electrons. The van der Waals surface area contributed by atoms with Crippen molar-refractivity contribution < 1.29 is 0 Å². The molecule has 0 radical (unpaired) electrons. The fraction of sp³-hybridized carbons (Fsp3) is 0.750. The molecule has 0 spiro atoms. The minimum atomic E-state index is 0.689. The van der Waals surface area contributed by atoms with Crippen molar-refractivity contribution in [3.05, 3.63) is 12.7 Å². The second-order valence-corrected chi connectivity index (χ2v) is 3.85. The maximum Gasteiger partial charge on any atom is 0.0286 e. The Bertz CT molecular complexity index is 69.0. The van der Waals surface area contributed by atoms with E-state index in [1.165, 1.54) is 25.7 Å². The number of rotatable bonds is 5. The Balaban J connectivity index is 2.96. The van der Waals surface area contributed by atoms with Gasteiger partial charge < -0.3 is 0 Å². The van der Waals surface area contributed by atoms with E-state index in [-0.39, 0.29) is 0 Å². The Morgan fingerprint density at radius 3 is 2.67 bits per heavy atom. The maximum atomic E-state index is 3.73. The quantitative estimate of drug-likeness (QED) is 0.297. The van der Waals surface area contributed by atoms with Crippen molar-refractivity contribution in [2.75, 3.05) is 0 Å². The van der Waals surface area contributed by atoms with Crippen molar-refractivity contribution in [3.63, 3.8) is 0 Å². The van der Waals surface area contributed by atoms with Crippen LogP contribution in [0.15, 0.2) is 12.7 Å². The predicted octanol–water partition coefficient (Wildman–Crippen LogP) is 3.56. The van der Waals surface area contributed by atoms with Crippen molar-refractivity contribution in [2.45, 2.75) is 36.5 Å². The Morgan fingerprint density at radius 1 is 1.56 bits per heavy atom. The van der Waals surface area contributed by atoms with Gasteiger partial charge in [-0.05, 0) is 6.42 Å². The molecular formula is C8H15I. The van der Waals surface area contributed by atoms with E-state index in [0.717, 1.165) is 0 Å². The zero-order valence-corrected chi connectivity index (χ0v) is 8.23. The third kappa shape index (κ3) is 6.35. The van der Waals surface area contributed by atoms with E-state index in [1.807, 2.05) is 6.08 Å². The first-order chi connectivity index (χ1) is 4.31. The number of allylic oxidation sites excluding steroid dienone is 1. The summed E-state index contributed by atoms with van der Waals surface area (Å²) < 4.78 is 0.689. The van der Waals surface area contributed by atoms with Crippen LogP contribution in [0.2, 0.25) is 0 Å². The Labute approximate surface area is 71.9 Å². The summed E-state index contributed by atoms with van der Waals surface area (Å²) in [5.41, 5.74) is 0. The average Bonchev–Trinajstić information content (AvgIpc) is 1.89. The minimum Gasteiger partial charge on any atom is -0.102 e. The molecule has 1 heteroatoms. The van der Waals surface area contributed by atoms with Gasteiger partial charge in [0.25, 0.3) is 0 Å². The van der Waals surface area contributed by atoms with Crippen LogP contribution in [0.4, 0.5) is 0 Å². The topological polar surface area (TPSA) is 0 Å². The normalized spacial score (nSPS) is 13.1. The van der Waals surface area contributed by atoms with Gasteiger partial charge in [0, 0.05) is 3.92 Å². The summed E-state index contributed by atoms with van der Waals surface area (Å²) >= 11 is 2.43. The molecule has 0 aromatic carbocycles. The van der Waals surface area contributed by atoms with E-state index in [2.05, 4.69) is 36.1 Å². The maximum absolute atomic E-state index is 3.73. The highest BCUT2D eigenvalue weighted by Gasteiger charge is 1.95. The number of halogens is 1. The van der Waals surface area contributed by atoms with Gasteiger partial charge in [-0.15, -0.1) is 6.58 Å². The molecule has 0 fully saturated rings. The SMILES string of the molecule is C=CC(I)CCCCC. The molecule has 0 aromatic heterocycles. The first kappa shape index (κ1) is 9.47. The molecular weight excluding hydrogens is 223 g/mol. The van der Waals surface area contributed by atoms with Crippen LogP contribution in [-0.4, -0.2) is 3.92 Å². The highest BCUT2D eigenvalue weighted by atomic mass is 127. The number of alkyl halides is 1. The lowest BCUT2D eigenvalue weighted by molar-refractivity contribution is 0.688. The molecule has 0 saturated carbocycles. The second-order valence-electron chi connectivity index (χ2n) is 2.25. The molecule has 0 aliphatic heterocycles. The first-order valence-corrected chi connectivity index (χ1v) is 4.82. The van der Waals surface area contributed by atoms with Gasteiger partial charge in [-0.1, -0.05) is 54.9 Å². The number of hydrogen-bond donors (Lipinski definition) is 0. The number of hydrogen-bond acceptors (Lipinski definition) is 0. The fourth-order valence-corrected chi connectivity index (χ4v) is 1.15. The Hall–Kier alpha value is 0.470. The summed E-state index contributed by atoms with van der Waals surface area (Å²) in [6.07, 6.45) is 7.37. The molecule has 1 unspecified atom stereocenters. The van der Waals surface area contributed by atoms with Crippen molar-refractivity contribution in [3.8, 4) is 0 Å². The highest BCUT2D eigenvalue weighted by Crippen LogP contribution is 2.11. The largest absolute Gasteiger partial charge is 0.102 e. The summed E-state index contributed by atoms with van der Waals surface area (Å²) in [5, 5.41) is 0. The third-order valence-electron chi connectivity index (χ3n) is 1.34. The van der Waals surface area contributed by atoms with Crippen molar-refractivity contribution in [1.29, 1.82) is 0 Å². The molecule has 1 atom stereocenters. The molecule has 9 heavy (non-hydrogen) atoms. The lowest BCUT2D eigenvalue weighted by Gasteiger charge is -2.00. The monoisotopic (exact) mass is 238 g/mol. The summed E-state index contributed by atoms with van der Waals surface area (Å²) in [7, 11) is 0. The van der Waals surface area contributed by atoms with Crippen molar-refractivity contribution in [2.24, 2.45) is 0 Å². The molecule has 0 saturated heterocycles. The van der Waals surface area contributed by atoms with E-state index in [9.17, 15) is 0 Å². The van der Waals surface area contributed by atoms with Crippen LogP contribution >= 0.6 is 22.6 Å². The van der Waals surface area contributed by atoms with Crippen molar-refractivity contribution >= 4 is 22.6 Å². The van der Waals surface area contributed by atoms with Crippen LogP contribution in [0.3, 0.4) is 0 Å². The minimum absolute atomic E-state index is 0.689. The van der Waals surface area contributed by atoms with E-state index >= 15 is 0 Å². The number of unbranched alkanes of at least 4 members (excludes halogenated alkanes) is 2. The zero-order chi connectivity index (χ0) is 7.11.